The number of carboxylic acid groups (broad SMARTS) is 2. The predicted molar refractivity (Wildman–Crippen MR) is 123 cm³/mol. The average Bonchev–Trinajstić information content (AvgIpc) is 2.78. The van der Waals surface area contributed by atoms with Crippen molar-refractivity contribution >= 4 is 46.5 Å². The summed E-state index contributed by atoms with van der Waals surface area (Å²) in [6.45, 7) is 1.60. The Morgan fingerprint density at radius 3 is 2.54 bits per heavy atom. The van der Waals surface area contributed by atoms with E-state index in [9.17, 15) is 24.7 Å². The second-order valence-corrected chi connectivity index (χ2v) is 7.71. The fourth-order valence-electron chi connectivity index (χ4n) is 3.34. The number of nitrogens with one attached hydrogen (secondary N) is 1. The van der Waals surface area contributed by atoms with Crippen molar-refractivity contribution < 1.29 is 29.8 Å². The topological polar surface area (TPSA) is 231 Å². The first-order chi connectivity index (χ1) is 16.5. The van der Waals surface area contributed by atoms with Gasteiger partial charge >= 0.3 is 11.9 Å². The number of carboxylic acids is 2. The van der Waals surface area contributed by atoms with Gasteiger partial charge in [0.05, 0.1) is 24.1 Å². The van der Waals surface area contributed by atoms with Crippen LogP contribution in [-0.4, -0.2) is 59.2 Å². The number of hydroxylamine groups is 1. The number of benzene rings is 1. The Kier molecular flexibility index (Phi) is 7.56. The van der Waals surface area contributed by atoms with Crippen molar-refractivity contribution in [2.75, 3.05) is 16.5 Å². The second kappa shape index (κ2) is 10.6. The number of hydrogen-bond acceptors (Lipinski definition) is 11. The van der Waals surface area contributed by atoms with Crippen LogP contribution < -0.4 is 21.8 Å². The summed E-state index contributed by atoms with van der Waals surface area (Å²) in [5, 5.41) is 31.9. The van der Waals surface area contributed by atoms with Gasteiger partial charge in [-0.3, -0.25) is 19.9 Å². The Morgan fingerprint density at radius 1 is 1.14 bits per heavy atom. The molecule has 1 aromatic carbocycles. The number of amides is 1. The molecule has 2 heterocycles. The quantitative estimate of drug-likeness (QED) is 0.218. The summed E-state index contributed by atoms with van der Waals surface area (Å²) in [4.78, 5) is 50.8. The maximum atomic E-state index is 12.5. The molecular formula is C21H24N8O6. The van der Waals surface area contributed by atoms with Crippen molar-refractivity contribution in [3.8, 4) is 0 Å². The highest BCUT2D eigenvalue weighted by Gasteiger charge is 2.21. The van der Waals surface area contributed by atoms with Crippen molar-refractivity contribution in [2.24, 2.45) is 0 Å². The monoisotopic (exact) mass is 484 g/mol. The number of fused-ring (bicyclic) bond motifs is 1. The van der Waals surface area contributed by atoms with Crippen LogP contribution in [0, 0.1) is 6.92 Å². The molecule has 0 fully saturated rings. The number of rotatable bonds is 10. The van der Waals surface area contributed by atoms with Crippen LogP contribution in [0.4, 0.5) is 17.5 Å². The van der Waals surface area contributed by atoms with Gasteiger partial charge in [-0.05, 0) is 43.5 Å². The van der Waals surface area contributed by atoms with E-state index in [2.05, 4.69) is 25.3 Å². The summed E-state index contributed by atoms with van der Waals surface area (Å²) in [6.07, 6.45) is 1.29. The molecule has 0 aliphatic carbocycles. The minimum Gasteiger partial charge on any atom is -0.481 e. The van der Waals surface area contributed by atoms with E-state index in [1.54, 1.807) is 6.92 Å². The van der Waals surface area contributed by atoms with Gasteiger partial charge in [-0.1, -0.05) is 0 Å². The molecular weight excluding hydrogens is 460 g/mol. The Balaban J connectivity index is 1.71. The molecule has 0 saturated carbocycles. The van der Waals surface area contributed by atoms with E-state index >= 15 is 0 Å². The standard InChI is InChI=1S/C21H24N8O6/c1-10-7-11(19(32)26-13(20(33)34)3-2-4-15(30)31)5-6-14(10)29(35)9-12-8-24-18-16(25-12)17(22)27-21(23)28-18/h5-8,13,35H,2-4,9H2,1H3,(H,26,32)(H,30,31)(H,33,34)(H4,22,23,24,27,28)/t13-/m0/s1. The van der Waals surface area contributed by atoms with Crippen LogP contribution in [0.1, 0.15) is 40.9 Å². The van der Waals surface area contributed by atoms with Crippen LogP contribution in [0.5, 0.6) is 0 Å². The summed E-state index contributed by atoms with van der Waals surface area (Å²) >= 11 is 0. The fraction of sp³-hybridized carbons (Fsp3) is 0.286. The first-order valence-corrected chi connectivity index (χ1v) is 10.4. The van der Waals surface area contributed by atoms with E-state index in [1.807, 2.05) is 0 Å². The van der Waals surface area contributed by atoms with Gasteiger partial charge in [0.1, 0.15) is 6.04 Å². The third-order valence-corrected chi connectivity index (χ3v) is 5.04. The molecule has 0 radical (unpaired) electrons. The number of aryl methyl sites for hydroxylation is 1. The first-order valence-electron chi connectivity index (χ1n) is 10.4. The van der Waals surface area contributed by atoms with Gasteiger partial charge < -0.3 is 27.0 Å². The zero-order valence-electron chi connectivity index (χ0n) is 18.7. The van der Waals surface area contributed by atoms with Crippen molar-refractivity contribution in [1.29, 1.82) is 0 Å². The molecule has 3 rings (SSSR count). The number of aromatic nitrogens is 4. The molecule has 1 amide bonds. The van der Waals surface area contributed by atoms with Gasteiger partial charge in [0.25, 0.3) is 5.91 Å². The highest BCUT2D eigenvalue weighted by atomic mass is 16.5. The molecule has 8 N–H and O–H groups in total. The van der Waals surface area contributed by atoms with E-state index < -0.39 is 23.9 Å². The lowest BCUT2D eigenvalue weighted by molar-refractivity contribution is -0.140. The maximum Gasteiger partial charge on any atom is 0.326 e. The normalized spacial score (nSPS) is 11.7. The van der Waals surface area contributed by atoms with Crippen LogP contribution in [0.25, 0.3) is 11.2 Å². The first kappa shape index (κ1) is 25.0. The molecule has 1 atom stereocenters. The molecule has 35 heavy (non-hydrogen) atoms. The van der Waals surface area contributed by atoms with Crippen LogP contribution in [-0.2, 0) is 16.1 Å². The number of carbonyl (C=O) groups is 3. The highest BCUT2D eigenvalue weighted by molar-refractivity contribution is 5.97. The summed E-state index contributed by atoms with van der Waals surface area (Å²) in [5.74, 6) is -2.92. The third kappa shape index (κ3) is 6.26. The number of nitrogens with zero attached hydrogens (tertiary/aromatic N) is 5. The number of anilines is 3. The zero-order chi connectivity index (χ0) is 25.7. The molecule has 0 unspecified atom stereocenters. The van der Waals surface area contributed by atoms with Gasteiger partial charge in [-0.15, -0.1) is 0 Å². The lowest BCUT2D eigenvalue weighted by Crippen LogP contribution is -2.40. The number of hydrogen-bond donors (Lipinski definition) is 6. The minimum atomic E-state index is -1.26. The Morgan fingerprint density at radius 2 is 1.89 bits per heavy atom. The van der Waals surface area contributed by atoms with E-state index in [-0.39, 0.29) is 54.3 Å². The Labute approximate surface area is 198 Å². The molecule has 14 nitrogen and oxygen atoms in total. The van der Waals surface area contributed by atoms with Crippen LogP contribution >= 0.6 is 0 Å². The van der Waals surface area contributed by atoms with Gasteiger partial charge in [-0.25, -0.2) is 14.8 Å². The summed E-state index contributed by atoms with van der Waals surface area (Å²) in [7, 11) is 0. The zero-order valence-corrected chi connectivity index (χ0v) is 18.7. The lowest BCUT2D eigenvalue weighted by atomic mass is 10.1. The minimum absolute atomic E-state index is 0.0240. The summed E-state index contributed by atoms with van der Waals surface area (Å²) in [5.41, 5.74) is 13.3. The summed E-state index contributed by atoms with van der Waals surface area (Å²) in [6, 6.07) is 3.19. The number of carbonyl (C=O) groups excluding carboxylic acids is 1. The number of nitrogen functional groups attached to an aromatic ring is 2. The second-order valence-electron chi connectivity index (χ2n) is 7.71. The number of aliphatic carboxylic acids is 2. The van der Waals surface area contributed by atoms with E-state index in [1.165, 1.54) is 24.4 Å². The molecule has 2 aromatic heterocycles. The largest absolute Gasteiger partial charge is 0.481 e. The molecule has 0 aliphatic heterocycles. The lowest BCUT2D eigenvalue weighted by Gasteiger charge is -2.20. The van der Waals surface area contributed by atoms with Crippen molar-refractivity contribution in [3.05, 3.63) is 41.2 Å². The van der Waals surface area contributed by atoms with Gasteiger partial charge in [0.15, 0.2) is 17.0 Å². The van der Waals surface area contributed by atoms with Crippen molar-refractivity contribution in [1.82, 2.24) is 25.3 Å². The van der Waals surface area contributed by atoms with E-state index in [0.717, 1.165) is 5.06 Å². The molecule has 3 aromatic rings. The smallest absolute Gasteiger partial charge is 0.326 e. The van der Waals surface area contributed by atoms with Gasteiger partial charge in [0.2, 0.25) is 5.95 Å². The molecule has 14 heteroatoms. The molecule has 0 saturated heterocycles. The van der Waals surface area contributed by atoms with Crippen molar-refractivity contribution in [3.63, 3.8) is 0 Å². The highest BCUT2D eigenvalue weighted by Crippen LogP contribution is 2.22. The molecule has 0 bridgehead atoms. The van der Waals surface area contributed by atoms with E-state index in [0.29, 0.717) is 16.9 Å². The number of nitrogens with two attached hydrogens (primary N) is 2. The van der Waals surface area contributed by atoms with Gasteiger partial charge in [0, 0.05) is 12.0 Å². The average molecular weight is 484 g/mol. The van der Waals surface area contributed by atoms with Crippen LogP contribution in [0.15, 0.2) is 24.4 Å². The molecule has 184 valence electrons. The van der Waals surface area contributed by atoms with Crippen molar-refractivity contribution in [2.45, 2.75) is 38.8 Å². The SMILES string of the molecule is Cc1cc(C(=O)N[C@@H](CCCC(=O)O)C(=O)O)ccc1N(O)Cc1cnc2nc(N)nc(N)c2n1. The van der Waals surface area contributed by atoms with Crippen LogP contribution in [0.2, 0.25) is 0 Å². The fourth-order valence-corrected chi connectivity index (χ4v) is 3.34. The molecule has 0 spiro atoms. The maximum absolute atomic E-state index is 12.5. The summed E-state index contributed by atoms with van der Waals surface area (Å²) < 4.78 is 0. The predicted octanol–water partition coefficient (Wildman–Crippen LogP) is 0.726. The Bertz CT molecular complexity index is 1280. The molecule has 0 aliphatic rings. The Hall–Kier alpha value is -4.59. The van der Waals surface area contributed by atoms with E-state index in [4.69, 9.17) is 16.6 Å². The van der Waals surface area contributed by atoms with Gasteiger partial charge in [-0.2, -0.15) is 9.97 Å². The third-order valence-electron chi connectivity index (χ3n) is 5.04. The van der Waals surface area contributed by atoms with Crippen LogP contribution in [0.3, 0.4) is 0 Å².